The number of likely N-dealkylation sites (tertiary alicyclic amines) is 1. The minimum absolute atomic E-state index is 0.0508. The van der Waals surface area contributed by atoms with E-state index in [0.717, 1.165) is 0 Å². The molecular formula is C10H15NO3. The summed E-state index contributed by atoms with van der Waals surface area (Å²) in [6.07, 6.45) is 0. The second kappa shape index (κ2) is 2.57. The van der Waals surface area contributed by atoms with Crippen molar-refractivity contribution in [2.24, 2.45) is 17.8 Å². The van der Waals surface area contributed by atoms with Crippen molar-refractivity contribution in [1.29, 1.82) is 0 Å². The van der Waals surface area contributed by atoms with Crippen LogP contribution >= 0.6 is 0 Å². The monoisotopic (exact) mass is 197 g/mol. The summed E-state index contributed by atoms with van der Waals surface area (Å²) in [5.74, 6) is -0.773. The number of nitrogens with zero attached hydrogens (tertiary/aromatic N) is 1. The van der Waals surface area contributed by atoms with Crippen molar-refractivity contribution < 1.29 is 14.7 Å². The van der Waals surface area contributed by atoms with Gasteiger partial charge in [0.25, 0.3) is 0 Å². The highest BCUT2D eigenvalue weighted by Crippen LogP contribution is 2.54. The van der Waals surface area contributed by atoms with Crippen LogP contribution in [-0.4, -0.2) is 34.0 Å². The molecule has 1 saturated carbocycles. The van der Waals surface area contributed by atoms with Crippen LogP contribution in [0.25, 0.3) is 0 Å². The first-order valence-corrected chi connectivity index (χ1v) is 4.88. The molecule has 1 heterocycles. The number of carbonyl (C=O) groups is 2. The molecule has 2 amide bonds. The molecule has 2 rings (SSSR count). The highest BCUT2D eigenvalue weighted by Gasteiger charge is 2.68. The topological polar surface area (TPSA) is 57.6 Å². The highest BCUT2D eigenvalue weighted by atomic mass is 16.3. The molecule has 1 aliphatic carbocycles. The molecule has 0 spiro atoms. The van der Waals surface area contributed by atoms with Gasteiger partial charge in [0.2, 0.25) is 11.8 Å². The number of aliphatic hydroxyl groups excluding tert-OH is 1. The van der Waals surface area contributed by atoms with E-state index in [9.17, 15) is 9.59 Å². The molecule has 0 aromatic carbocycles. The van der Waals surface area contributed by atoms with E-state index in [2.05, 4.69) is 0 Å². The van der Waals surface area contributed by atoms with Crippen LogP contribution in [0.1, 0.15) is 20.8 Å². The summed E-state index contributed by atoms with van der Waals surface area (Å²) >= 11 is 0. The number of fused-ring (bicyclic) bond motifs is 1. The number of imide groups is 1. The van der Waals surface area contributed by atoms with Gasteiger partial charge in [-0.15, -0.1) is 0 Å². The Bertz CT molecular complexity index is 283. The van der Waals surface area contributed by atoms with Crippen molar-refractivity contribution in [3.05, 3.63) is 0 Å². The van der Waals surface area contributed by atoms with Gasteiger partial charge in [0.1, 0.15) is 0 Å². The van der Waals surface area contributed by atoms with Gasteiger partial charge in [-0.1, -0.05) is 0 Å². The van der Waals surface area contributed by atoms with Crippen LogP contribution in [0, 0.1) is 17.8 Å². The first kappa shape index (κ1) is 9.65. The number of hydrogen-bond acceptors (Lipinski definition) is 3. The molecule has 4 heteroatoms. The zero-order valence-corrected chi connectivity index (χ0v) is 8.65. The lowest BCUT2D eigenvalue weighted by Crippen LogP contribution is -2.48. The Morgan fingerprint density at radius 2 is 1.64 bits per heavy atom. The maximum absolute atomic E-state index is 11.8. The Morgan fingerprint density at radius 1 is 1.21 bits per heavy atom. The molecule has 2 aliphatic rings. The largest absolute Gasteiger partial charge is 0.396 e. The molecule has 0 aromatic rings. The van der Waals surface area contributed by atoms with E-state index >= 15 is 0 Å². The third-order valence-corrected chi connectivity index (χ3v) is 3.06. The minimum Gasteiger partial charge on any atom is -0.396 e. The molecule has 78 valence electrons. The summed E-state index contributed by atoms with van der Waals surface area (Å²) in [6.45, 7) is 5.50. The Balaban J connectivity index is 2.22. The maximum Gasteiger partial charge on any atom is 0.233 e. The number of aliphatic hydroxyl groups is 1. The quantitative estimate of drug-likeness (QED) is 0.602. The summed E-state index contributed by atoms with van der Waals surface area (Å²) in [5, 5.41) is 8.91. The van der Waals surface area contributed by atoms with Gasteiger partial charge in [0.05, 0.1) is 11.8 Å². The zero-order chi connectivity index (χ0) is 10.7. The second-order valence-electron chi connectivity index (χ2n) is 5.08. The lowest BCUT2D eigenvalue weighted by atomic mass is 10.1. The number of carbonyl (C=O) groups excluding carboxylic acids is 2. The van der Waals surface area contributed by atoms with Gasteiger partial charge >= 0.3 is 0 Å². The summed E-state index contributed by atoms with van der Waals surface area (Å²) < 4.78 is 0. The van der Waals surface area contributed by atoms with E-state index in [1.54, 1.807) is 0 Å². The number of rotatable bonds is 1. The van der Waals surface area contributed by atoms with Crippen LogP contribution in [0.4, 0.5) is 0 Å². The average molecular weight is 197 g/mol. The smallest absolute Gasteiger partial charge is 0.233 e. The van der Waals surface area contributed by atoms with Gasteiger partial charge in [-0.2, -0.15) is 0 Å². The van der Waals surface area contributed by atoms with Gasteiger partial charge in [-0.05, 0) is 20.8 Å². The van der Waals surface area contributed by atoms with Crippen LogP contribution in [0.3, 0.4) is 0 Å². The number of amides is 2. The molecule has 0 radical (unpaired) electrons. The van der Waals surface area contributed by atoms with Crippen LogP contribution in [-0.2, 0) is 9.59 Å². The molecule has 2 unspecified atom stereocenters. The molecule has 1 N–H and O–H groups in total. The molecular weight excluding hydrogens is 182 g/mol. The zero-order valence-electron chi connectivity index (χ0n) is 8.65. The van der Waals surface area contributed by atoms with E-state index < -0.39 is 5.54 Å². The van der Waals surface area contributed by atoms with Gasteiger partial charge < -0.3 is 5.11 Å². The van der Waals surface area contributed by atoms with E-state index in [1.165, 1.54) is 4.90 Å². The van der Waals surface area contributed by atoms with Crippen molar-refractivity contribution in [2.45, 2.75) is 26.3 Å². The molecule has 4 nitrogen and oxygen atoms in total. The minimum atomic E-state index is -0.429. The molecule has 0 bridgehead atoms. The van der Waals surface area contributed by atoms with Crippen molar-refractivity contribution in [1.82, 2.24) is 4.90 Å². The van der Waals surface area contributed by atoms with E-state index in [-0.39, 0.29) is 36.2 Å². The van der Waals surface area contributed by atoms with Gasteiger partial charge in [0.15, 0.2) is 0 Å². The number of piperidine rings is 1. The Kier molecular flexibility index (Phi) is 1.77. The molecule has 14 heavy (non-hydrogen) atoms. The predicted octanol–water partition coefficient (Wildman–Crippen LogP) is 0.00820. The van der Waals surface area contributed by atoms with E-state index in [0.29, 0.717) is 0 Å². The molecule has 0 aromatic heterocycles. The van der Waals surface area contributed by atoms with Crippen LogP contribution in [0.15, 0.2) is 0 Å². The maximum atomic E-state index is 11.8. The molecule has 2 fully saturated rings. The lowest BCUT2D eigenvalue weighted by Gasteiger charge is -2.31. The van der Waals surface area contributed by atoms with Gasteiger partial charge in [0, 0.05) is 18.1 Å². The fourth-order valence-electron chi connectivity index (χ4n) is 2.34. The fraction of sp³-hybridized carbons (Fsp3) is 0.800. The molecule has 2 atom stereocenters. The third-order valence-electron chi connectivity index (χ3n) is 3.06. The Hall–Kier alpha value is -0.900. The van der Waals surface area contributed by atoms with E-state index in [1.807, 2.05) is 20.8 Å². The summed E-state index contributed by atoms with van der Waals surface area (Å²) in [6, 6.07) is 0. The van der Waals surface area contributed by atoms with Gasteiger partial charge in [-0.3, -0.25) is 14.5 Å². The average Bonchev–Trinajstić information content (AvgIpc) is 2.68. The molecule has 1 saturated heterocycles. The van der Waals surface area contributed by atoms with Crippen LogP contribution in [0.2, 0.25) is 0 Å². The summed E-state index contributed by atoms with van der Waals surface area (Å²) in [5.41, 5.74) is -0.429. The SMILES string of the molecule is CC(C)(C)N1C(=O)C2C(CO)C2C1=O. The van der Waals surface area contributed by atoms with Crippen molar-refractivity contribution in [3.63, 3.8) is 0 Å². The Morgan fingerprint density at radius 3 is 1.93 bits per heavy atom. The highest BCUT2D eigenvalue weighted by molar-refractivity contribution is 6.10. The fourth-order valence-corrected chi connectivity index (χ4v) is 2.34. The standard InChI is InChI=1S/C10H15NO3/c1-10(2,3)11-8(13)6-5(4-12)7(6)9(11)14/h5-7,12H,4H2,1-3H3. The summed E-state index contributed by atoms with van der Waals surface area (Å²) in [7, 11) is 0. The first-order valence-electron chi connectivity index (χ1n) is 4.88. The van der Waals surface area contributed by atoms with E-state index in [4.69, 9.17) is 5.11 Å². The van der Waals surface area contributed by atoms with Crippen molar-refractivity contribution >= 4 is 11.8 Å². The van der Waals surface area contributed by atoms with Crippen LogP contribution in [0.5, 0.6) is 0 Å². The predicted molar refractivity (Wildman–Crippen MR) is 49.2 cm³/mol. The second-order valence-corrected chi connectivity index (χ2v) is 5.08. The lowest BCUT2D eigenvalue weighted by molar-refractivity contribution is -0.147. The van der Waals surface area contributed by atoms with Crippen molar-refractivity contribution in [3.8, 4) is 0 Å². The van der Waals surface area contributed by atoms with Gasteiger partial charge in [-0.25, -0.2) is 0 Å². The van der Waals surface area contributed by atoms with Crippen LogP contribution < -0.4 is 0 Å². The first-order chi connectivity index (χ1) is 6.39. The normalized spacial score (nSPS) is 36.3. The Labute approximate surface area is 82.9 Å². The number of hydrogen-bond donors (Lipinski definition) is 1. The summed E-state index contributed by atoms with van der Waals surface area (Å²) in [4.78, 5) is 24.9. The third kappa shape index (κ3) is 1.03. The molecule has 1 aliphatic heterocycles. The van der Waals surface area contributed by atoms with Crippen molar-refractivity contribution in [2.75, 3.05) is 6.61 Å².